The summed E-state index contributed by atoms with van der Waals surface area (Å²) in [6.45, 7) is 9.35. The number of pyridine rings is 1. The molecule has 0 spiro atoms. The van der Waals surface area contributed by atoms with E-state index in [1.165, 1.54) is 0 Å². The van der Waals surface area contributed by atoms with Crippen LogP contribution in [0.2, 0.25) is 0 Å². The minimum atomic E-state index is 0.0188. The number of hydrogen-bond acceptors (Lipinski definition) is 3. The van der Waals surface area contributed by atoms with Crippen molar-refractivity contribution >= 4 is 0 Å². The smallest absolute Gasteiger partial charge is 0.0705 e. The summed E-state index contributed by atoms with van der Waals surface area (Å²) in [5.41, 5.74) is 12.1. The van der Waals surface area contributed by atoms with E-state index >= 15 is 0 Å². The molecule has 0 radical (unpaired) electrons. The summed E-state index contributed by atoms with van der Waals surface area (Å²) < 4.78 is 0. The van der Waals surface area contributed by atoms with E-state index in [2.05, 4.69) is 58.0 Å². The average Bonchev–Trinajstić information content (AvgIpc) is 2.53. The Morgan fingerprint density at radius 2 is 1.62 bits per heavy atom. The average molecular weight is 326 g/mol. The number of benzene rings is 1. The van der Waals surface area contributed by atoms with Crippen LogP contribution in [0.4, 0.5) is 0 Å². The van der Waals surface area contributed by atoms with E-state index in [9.17, 15) is 5.11 Å². The van der Waals surface area contributed by atoms with Crippen LogP contribution in [0.5, 0.6) is 0 Å². The monoisotopic (exact) mass is 326 g/mol. The molecule has 2 aromatic rings. The number of nitrogens with zero attached hydrogens (tertiary/aromatic N) is 1. The number of aromatic nitrogens is 1. The molecule has 0 saturated carbocycles. The Labute approximate surface area is 145 Å². The molecule has 3 nitrogen and oxygen atoms in total. The van der Waals surface area contributed by atoms with Gasteiger partial charge in [-0.1, -0.05) is 52.0 Å². The first-order chi connectivity index (χ1) is 11.4. The Bertz CT molecular complexity index is 660. The third kappa shape index (κ3) is 4.65. The first-order valence-electron chi connectivity index (χ1n) is 8.86. The van der Waals surface area contributed by atoms with E-state index in [0.29, 0.717) is 18.4 Å². The molecule has 3 heteroatoms. The van der Waals surface area contributed by atoms with E-state index in [1.54, 1.807) is 0 Å². The van der Waals surface area contributed by atoms with Crippen LogP contribution in [0.1, 0.15) is 50.2 Å². The van der Waals surface area contributed by atoms with Crippen LogP contribution in [0.25, 0.3) is 11.1 Å². The van der Waals surface area contributed by atoms with Gasteiger partial charge in [-0.25, -0.2) is 0 Å². The third-order valence-electron chi connectivity index (χ3n) is 4.14. The molecule has 0 atom stereocenters. The number of aliphatic hydroxyl groups excluding tert-OH is 1. The Hall–Kier alpha value is -1.71. The van der Waals surface area contributed by atoms with Crippen LogP contribution in [0, 0.1) is 11.8 Å². The number of nitrogens with two attached hydrogens (primary N) is 1. The molecule has 0 aliphatic carbocycles. The van der Waals surface area contributed by atoms with Gasteiger partial charge in [-0.3, -0.25) is 4.98 Å². The molecule has 0 saturated heterocycles. The fraction of sp³-hybridized carbons (Fsp3) is 0.476. The van der Waals surface area contributed by atoms with Crippen molar-refractivity contribution in [2.75, 3.05) is 0 Å². The summed E-state index contributed by atoms with van der Waals surface area (Å²) >= 11 is 0. The van der Waals surface area contributed by atoms with Gasteiger partial charge in [0.15, 0.2) is 0 Å². The van der Waals surface area contributed by atoms with Gasteiger partial charge in [-0.15, -0.1) is 0 Å². The van der Waals surface area contributed by atoms with Crippen LogP contribution < -0.4 is 5.73 Å². The second-order valence-corrected chi connectivity index (χ2v) is 7.34. The molecule has 1 heterocycles. The molecule has 0 aliphatic heterocycles. The summed E-state index contributed by atoms with van der Waals surface area (Å²) in [5, 5.41) is 9.99. The van der Waals surface area contributed by atoms with Crippen molar-refractivity contribution in [2.45, 2.75) is 53.7 Å². The highest BCUT2D eigenvalue weighted by Gasteiger charge is 2.15. The van der Waals surface area contributed by atoms with Gasteiger partial charge in [0.05, 0.1) is 6.61 Å². The van der Waals surface area contributed by atoms with Crippen molar-refractivity contribution in [2.24, 2.45) is 17.6 Å². The number of aliphatic hydroxyl groups is 1. The molecule has 0 fully saturated rings. The van der Waals surface area contributed by atoms with Crippen molar-refractivity contribution in [3.8, 4) is 11.1 Å². The van der Waals surface area contributed by atoms with Crippen LogP contribution in [0.3, 0.4) is 0 Å². The molecule has 0 amide bonds. The van der Waals surface area contributed by atoms with Gasteiger partial charge in [0, 0.05) is 23.5 Å². The molecule has 1 aromatic carbocycles. The molecule has 0 unspecified atom stereocenters. The predicted octanol–water partition coefficient (Wildman–Crippen LogP) is 4.10. The molecule has 1 aromatic heterocycles. The summed E-state index contributed by atoms with van der Waals surface area (Å²) in [6.07, 6.45) is 1.83. The first kappa shape index (κ1) is 18.6. The molecule has 0 aliphatic rings. The first-order valence-corrected chi connectivity index (χ1v) is 8.86. The Balaban J connectivity index is 2.56. The predicted molar refractivity (Wildman–Crippen MR) is 101 cm³/mol. The number of hydrogen-bond donors (Lipinski definition) is 2. The molecule has 3 N–H and O–H groups in total. The fourth-order valence-electron chi connectivity index (χ4n) is 3.02. The summed E-state index contributed by atoms with van der Waals surface area (Å²) in [6, 6.07) is 10.4. The number of rotatable bonds is 7. The summed E-state index contributed by atoms with van der Waals surface area (Å²) in [7, 11) is 0. The van der Waals surface area contributed by atoms with Crippen molar-refractivity contribution in [1.82, 2.24) is 4.98 Å². The standard InChI is InChI=1S/C21H30N2O/c1-14(2)9-18-11-19(17-7-5-16(12-22)6-8-17)20(13-24)21(23-18)10-15(3)4/h5-8,11,14-15,24H,9-10,12-13,22H2,1-4H3. The minimum Gasteiger partial charge on any atom is -0.392 e. The van der Waals surface area contributed by atoms with Crippen molar-refractivity contribution < 1.29 is 5.11 Å². The van der Waals surface area contributed by atoms with Gasteiger partial charge in [0.2, 0.25) is 0 Å². The quantitative estimate of drug-likeness (QED) is 0.805. The zero-order valence-corrected chi connectivity index (χ0v) is 15.3. The highest BCUT2D eigenvalue weighted by Crippen LogP contribution is 2.29. The lowest BCUT2D eigenvalue weighted by molar-refractivity contribution is 0.280. The van der Waals surface area contributed by atoms with Gasteiger partial charge >= 0.3 is 0 Å². The maximum absolute atomic E-state index is 9.99. The van der Waals surface area contributed by atoms with Crippen LogP contribution in [-0.4, -0.2) is 10.1 Å². The molecular formula is C21H30N2O. The highest BCUT2D eigenvalue weighted by molar-refractivity contribution is 5.69. The van der Waals surface area contributed by atoms with Crippen LogP contribution in [0.15, 0.2) is 30.3 Å². The topological polar surface area (TPSA) is 59.1 Å². The summed E-state index contributed by atoms with van der Waals surface area (Å²) in [5.74, 6) is 1.06. The second kappa shape index (κ2) is 8.41. The van der Waals surface area contributed by atoms with Crippen LogP contribution in [-0.2, 0) is 26.0 Å². The van der Waals surface area contributed by atoms with Crippen molar-refractivity contribution in [1.29, 1.82) is 0 Å². The van der Waals surface area contributed by atoms with Crippen LogP contribution >= 0.6 is 0 Å². The molecule has 130 valence electrons. The maximum atomic E-state index is 9.99. The fourth-order valence-corrected chi connectivity index (χ4v) is 3.02. The van der Waals surface area contributed by atoms with Gasteiger partial charge in [0.25, 0.3) is 0 Å². The van der Waals surface area contributed by atoms with E-state index < -0.39 is 0 Å². The third-order valence-corrected chi connectivity index (χ3v) is 4.14. The van der Waals surface area contributed by atoms with Gasteiger partial charge < -0.3 is 10.8 Å². The minimum absolute atomic E-state index is 0.0188. The Morgan fingerprint density at radius 3 is 2.12 bits per heavy atom. The lowest BCUT2D eigenvalue weighted by Gasteiger charge is -2.17. The largest absolute Gasteiger partial charge is 0.392 e. The van der Waals surface area contributed by atoms with E-state index in [1.807, 2.05) is 0 Å². The summed E-state index contributed by atoms with van der Waals surface area (Å²) in [4.78, 5) is 4.86. The second-order valence-electron chi connectivity index (χ2n) is 7.34. The molecule has 2 rings (SSSR count). The highest BCUT2D eigenvalue weighted by atomic mass is 16.3. The van der Waals surface area contributed by atoms with Crippen molar-refractivity contribution in [3.63, 3.8) is 0 Å². The van der Waals surface area contributed by atoms with Gasteiger partial charge in [-0.05, 0) is 47.4 Å². The van der Waals surface area contributed by atoms with E-state index in [-0.39, 0.29) is 6.61 Å². The van der Waals surface area contributed by atoms with E-state index in [0.717, 1.165) is 46.5 Å². The Kier molecular flexibility index (Phi) is 6.52. The van der Waals surface area contributed by atoms with Gasteiger partial charge in [-0.2, -0.15) is 0 Å². The van der Waals surface area contributed by atoms with E-state index in [4.69, 9.17) is 10.7 Å². The normalized spacial score (nSPS) is 11.5. The lowest BCUT2D eigenvalue weighted by atomic mass is 9.93. The zero-order valence-electron chi connectivity index (χ0n) is 15.3. The molecular weight excluding hydrogens is 296 g/mol. The Morgan fingerprint density at radius 1 is 1.00 bits per heavy atom. The molecule has 24 heavy (non-hydrogen) atoms. The van der Waals surface area contributed by atoms with Gasteiger partial charge in [0.1, 0.15) is 0 Å². The SMILES string of the molecule is CC(C)Cc1cc(-c2ccc(CN)cc2)c(CO)c(CC(C)C)n1. The zero-order chi connectivity index (χ0) is 17.7. The lowest BCUT2D eigenvalue weighted by Crippen LogP contribution is -2.09. The maximum Gasteiger partial charge on any atom is 0.0705 e. The molecule has 0 bridgehead atoms. The van der Waals surface area contributed by atoms with Crippen molar-refractivity contribution in [3.05, 3.63) is 52.8 Å².